The molecule has 1 fully saturated rings. The average molecular weight is 225 g/mol. The van der Waals surface area contributed by atoms with Crippen LogP contribution in [0.1, 0.15) is 44.5 Å². The molecule has 0 amide bonds. The highest BCUT2D eigenvalue weighted by atomic mass is 16.5. The van der Waals surface area contributed by atoms with E-state index in [4.69, 9.17) is 9.26 Å². The van der Waals surface area contributed by atoms with Crippen LogP contribution >= 0.6 is 0 Å². The fourth-order valence-electron chi connectivity index (χ4n) is 2.03. The van der Waals surface area contributed by atoms with Crippen molar-refractivity contribution in [2.45, 2.75) is 32.8 Å². The normalized spacial score (nSPS) is 27.2. The molecule has 0 spiro atoms. The molecule has 5 heteroatoms. The standard InChI is InChI=1S/C11H19N3O2/c1-4-15-8(3)10-13-11(16-14-10)9-6-12-5-7(9)2/h7-9,12H,4-6H2,1-3H3/t7-,8?,9-/m1/s1. The van der Waals surface area contributed by atoms with E-state index in [0.29, 0.717) is 24.3 Å². The Labute approximate surface area is 95.6 Å². The second-order valence-electron chi connectivity index (χ2n) is 4.33. The van der Waals surface area contributed by atoms with Crippen LogP contribution in [0, 0.1) is 5.92 Å². The summed E-state index contributed by atoms with van der Waals surface area (Å²) in [5.41, 5.74) is 0. The number of nitrogens with one attached hydrogen (secondary N) is 1. The maximum absolute atomic E-state index is 5.43. The van der Waals surface area contributed by atoms with Crippen molar-refractivity contribution in [2.24, 2.45) is 5.92 Å². The Morgan fingerprint density at radius 3 is 3.00 bits per heavy atom. The van der Waals surface area contributed by atoms with Gasteiger partial charge in [-0.1, -0.05) is 12.1 Å². The first-order chi connectivity index (χ1) is 7.72. The van der Waals surface area contributed by atoms with E-state index in [9.17, 15) is 0 Å². The van der Waals surface area contributed by atoms with Crippen molar-refractivity contribution in [3.63, 3.8) is 0 Å². The van der Waals surface area contributed by atoms with Gasteiger partial charge < -0.3 is 14.6 Å². The molecule has 0 saturated carbocycles. The molecule has 16 heavy (non-hydrogen) atoms. The number of hydrogen-bond acceptors (Lipinski definition) is 5. The van der Waals surface area contributed by atoms with E-state index < -0.39 is 0 Å². The van der Waals surface area contributed by atoms with Crippen LogP contribution in [0.5, 0.6) is 0 Å². The lowest BCUT2D eigenvalue weighted by Gasteiger charge is -2.08. The lowest BCUT2D eigenvalue weighted by atomic mass is 9.98. The molecule has 1 saturated heterocycles. The van der Waals surface area contributed by atoms with Crippen molar-refractivity contribution < 1.29 is 9.26 Å². The molecule has 0 aliphatic carbocycles. The first-order valence-electron chi connectivity index (χ1n) is 5.88. The van der Waals surface area contributed by atoms with Crippen LogP contribution < -0.4 is 5.32 Å². The molecule has 1 aromatic heterocycles. The topological polar surface area (TPSA) is 60.2 Å². The van der Waals surface area contributed by atoms with Crippen molar-refractivity contribution in [3.05, 3.63) is 11.7 Å². The SMILES string of the molecule is CCOC(C)c1noc([C@@H]2CNC[C@H]2C)n1. The summed E-state index contributed by atoms with van der Waals surface area (Å²) < 4.78 is 10.7. The number of rotatable bonds is 4. The zero-order valence-electron chi connectivity index (χ0n) is 10.1. The number of ether oxygens (including phenoxy) is 1. The summed E-state index contributed by atoms with van der Waals surface area (Å²) in [6.45, 7) is 8.69. The van der Waals surface area contributed by atoms with Gasteiger partial charge in [0.05, 0.1) is 5.92 Å². The van der Waals surface area contributed by atoms with E-state index in [1.165, 1.54) is 0 Å². The summed E-state index contributed by atoms with van der Waals surface area (Å²) in [6, 6.07) is 0. The Balaban J connectivity index is 2.06. The minimum Gasteiger partial charge on any atom is -0.371 e. The van der Waals surface area contributed by atoms with Crippen molar-refractivity contribution in [3.8, 4) is 0 Å². The molecule has 90 valence electrons. The molecule has 0 radical (unpaired) electrons. The summed E-state index contributed by atoms with van der Waals surface area (Å²) in [4.78, 5) is 4.42. The maximum Gasteiger partial charge on any atom is 0.231 e. The van der Waals surface area contributed by atoms with Crippen molar-refractivity contribution >= 4 is 0 Å². The predicted molar refractivity (Wildman–Crippen MR) is 59.1 cm³/mol. The second-order valence-corrected chi connectivity index (χ2v) is 4.33. The fraction of sp³-hybridized carbons (Fsp3) is 0.818. The molecule has 0 aromatic carbocycles. The first-order valence-corrected chi connectivity index (χ1v) is 5.88. The van der Waals surface area contributed by atoms with Crippen LogP contribution in [0.25, 0.3) is 0 Å². The highest BCUT2D eigenvalue weighted by Crippen LogP contribution is 2.27. The minimum absolute atomic E-state index is 0.0906. The predicted octanol–water partition coefficient (Wildman–Crippen LogP) is 1.49. The van der Waals surface area contributed by atoms with Crippen LogP contribution in [-0.4, -0.2) is 29.8 Å². The van der Waals surface area contributed by atoms with Gasteiger partial charge in [-0.05, 0) is 26.3 Å². The Kier molecular flexibility index (Phi) is 3.56. The van der Waals surface area contributed by atoms with E-state index in [1.54, 1.807) is 0 Å². The quantitative estimate of drug-likeness (QED) is 0.841. The van der Waals surface area contributed by atoms with Gasteiger partial charge in [0.2, 0.25) is 5.89 Å². The molecule has 1 aliphatic heterocycles. The molecular weight excluding hydrogens is 206 g/mol. The third-order valence-electron chi connectivity index (χ3n) is 3.07. The van der Waals surface area contributed by atoms with Gasteiger partial charge in [0, 0.05) is 13.2 Å². The van der Waals surface area contributed by atoms with Crippen LogP contribution in [-0.2, 0) is 4.74 Å². The lowest BCUT2D eigenvalue weighted by molar-refractivity contribution is 0.0683. The van der Waals surface area contributed by atoms with Gasteiger partial charge >= 0.3 is 0 Å². The Bertz CT molecular complexity index is 340. The molecular formula is C11H19N3O2. The van der Waals surface area contributed by atoms with Gasteiger partial charge in [-0.3, -0.25) is 0 Å². The van der Waals surface area contributed by atoms with E-state index in [2.05, 4.69) is 22.4 Å². The Morgan fingerprint density at radius 2 is 2.38 bits per heavy atom. The molecule has 3 atom stereocenters. The molecule has 5 nitrogen and oxygen atoms in total. The Hall–Kier alpha value is -0.940. The van der Waals surface area contributed by atoms with Crippen LogP contribution in [0.15, 0.2) is 4.52 Å². The molecule has 2 heterocycles. The summed E-state index contributed by atoms with van der Waals surface area (Å²) in [6.07, 6.45) is -0.0906. The van der Waals surface area contributed by atoms with E-state index >= 15 is 0 Å². The average Bonchev–Trinajstić information content (AvgIpc) is 2.86. The van der Waals surface area contributed by atoms with Crippen molar-refractivity contribution in [1.29, 1.82) is 0 Å². The summed E-state index contributed by atoms with van der Waals surface area (Å²) in [5, 5.41) is 7.30. The van der Waals surface area contributed by atoms with E-state index in [1.807, 2.05) is 13.8 Å². The van der Waals surface area contributed by atoms with Crippen LogP contribution in [0.2, 0.25) is 0 Å². The van der Waals surface area contributed by atoms with Gasteiger partial charge in [-0.15, -0.1) is 0 Å². The highest BCUT2D eigenvalue weighted by Gasteiger charge is 2.30. The molecule has 0 bridgehead atoms. The highest BCUT2D eigenvalue weighted by molar-refractivity contribution is 5.01. The van der Waals surface area contributed by atoms with Crippen LogP contribution in [0.4, 0.5) is 0 Å². The zero-order valence-corrected chi connectivity index (χ0v) is 10.1. The van der Waals surface area contributed by atoms with Gasteiger partial charge in [-0.2, -0.15) is 4.98 Å². The maximum atomic E-state index is 5.43. The van der Waals surface area contributed by atoms with Crippen LogP contribution in [0.3, 0.4) is 0 Å². The minimum atomic E-state index is -0.0906. The second kappa shape index (κ2) is 4.93. The zero-order chi connectivity index (χ0) is 11.5. The molecule has 1 unspecified atom stereocenters. The van der Waals surface area contributed by atoms with Crippen molar-refractivity contribution in [2.75, 3.05) is 19.7 Å². The van der Waals surface area contributed by atoms with E-state index in [0.717, 1.165) is 19.0 Å². The van der Waals surface area contributed by atoms with Gasteiger partial charge in [0.1, 0.15) is 6.10 Å². The van der Waals surface area contributed by atoms with Gasteiger partial charge in [-0.25, -0.2) is 0 Å². The summed E-state index contributed by atoms with van der Waals surface area (Å²) in [7, 11) is 0. The summed E-state index contributed by atoms with van der Waals surface area (Å²) >= 11 is 0. The van der Waals surface area contributed by atoms with Gasteiger partial charge in [0.25, 0.3) is 0 Å². The fourth-order valence-corrected chi connectivity index (χ4v) is 2.03. The summed E-state index contributed by atoms with van der Waals surface area (Å²) in [5.74, 6) is 2.28. The smallest absolute Gasteiger partial charge is 0.231 e. The third kappa shape index (κ3) is 2.25. The van der Waals surface area contributed by atoms with Crippen molar-refractivity contribution in [1.82, 2.24) is 15.5 Å². The molecule has 2 rings (SSSR count). The van der Waals surface area contributed by atoms with Gasteiger partial charge in [0.15, 0.2) is 5.82 Å². The number of nitrogens with zero attached hydrogens (tertiary/aromatic N) is 2. The number of aromatic nitrogens is 2. The third-order valence-corrected chi connectivity index (χ3v) is 3.07. The molecule has 1 aromatic rings. The molecule has 1 N–H and O–H groups in total. The Morgan fingerprint density at radius 1 is 1.56 bits per heavy atom. The largest absolute Gasteiger partial charge is 0.371 e. The van der Waals surface area contributed by atoms with E-state index in [-0.39, 0.29) is 6.10 Å². The monoisotopic (exact) mass is 225 g/mol. The number of hydrogen-bond donors (Lipinski definition) is 1. The first kappa shape index (κ1) is 11.5. The lowest BCUT2D eigenvalue weighted by Crippen LogP contribution is -2.09. The molecule has 1 aliphatic rings.